The van der Waals surface area contributed by atoms with Gasteiger partial charge >= 0.3 is 0 Å². The van der Waals surface area contributed by atoms with Crippen LogP contribution in [0.4, 0.5) is 11.6 Å². The standard InChI is InChI=1S/C14H16ClN5O/c1-21-13-9-12(17-10-18-13)19-5-7-20(8-6-19)14-11(15)3-2-4-16-14/h2-4,9-10H,5-8H2,1H3. The number of aromatic nitrogens is 3. The van der Waals surface area contributed by atoms with Gasteiger partial charge in [0.25, 0.3) is 0 Å². The molecule has 6 nitrogen and oxygen atoms in total. The Hall–Kier alpha value is -2.08. The van der Waals surface area contributed by atoms with Crippen LogP contribution in [0.2, 0.25) is 5.02 Å². The monoisotopic (exact) mass is 305 g/mol. The highest BCUT2D eigenvalue weighted by Crippen LogP contribution is 2.24. The molecule has 3 rings (SSSR count). The molecule has 1 saturated heterocycles. The normalized spacial score (nSPS) is 15.1. The first-order chi connectivity index (χ1) is 10.3. The highest BCUT2D eigenvalue weighted by molar-refractivity contribution is 6.32. The van der Waals surface area contributed by atoms with E-state index in [0.717, 1.165) is 37.8 Å². The third kappa shape index (κ3) is 3.00. The maximum atomic E-state index is 6.20. The van der Waals surface area contributed by atoms with Gasteiger partial charge in [-0.25, -0.2) is 15.0 Å². The quantitative estimate of drug-likeness (QED) is 0.863. The number of halogens is 1. The summed E-state index contributed by atoms with van der Waals surface area (Å²) >= 11 is 6.20. The molecular weight excluding hydrogens is 290 g/mol. The molecule has 0 aliphatic carbocycles. The van der Waals surface area contributed by atoms with E-state index in [1.165, 1.54) is 6.33 Å². The summed E-state index contributed by atoms with van der Waals surface area (Å²) in [5.74, 6) is 2.31. The second-order valence-corrected chi connectivity index (χ2v) is 5.11. The van der Waals surface area contributed by atoms with Gasteiger partial charge in [0.1, 0.15) is 18.0 Å². The summed E-state index contributed by atoms with van der Waals surface area (Å²) in [6.45, 7) is 3.41. The Morgan fingerprint density at radius 2 is 1.86 bits per heavy atom. The third-order valence-electron chi connectivity index (χ3n) is 3.48. The Morgan fingerprint density at radius 1 is 1.10 bits per heavy atom. The molecule has 0 spiro atoms. The predicted molar refractivity (Wildman–Crippen MR) is 82.3 cm³/mol. The molecule has 0 unspecified atom stereocenters. The number of ether oxygens (including phenoxy) is 1. The molecule has 0 bridgehead atoms. The predicted octanol–water partition coefficient (Wildman–Crippen LogP) is 1.86. The van der Waals surface area contributed by atoms with Crippen LogP contribution in [0, 0.1) is 0 Å². The average molecular weight is 306 g/mol. The summed E-state index contributed by atoms with van der Waals surface area (Å²) in [5, 5.41) is 0.689. The van der Waals surface area contributed by atoms with Crippen LogP contribution in [0.25, 0.3) is 0 Å². The molecule has 0 N–H and O–H groups in total. The van der Waals surface area contributed by atoms with Gasteiger partial charge in [0.05, 0.1) is 12.1 Å². The molecule has 1 fully saturated rings. The van der Waals surface area contributed by atoms with Crippen LogP contribution in [0.3, 0.4) is 0 Å². The van der Waals surface area contributed by atoms with E-state index in [4.69, 9.17) is 16.3 Å². The number of anilines is 2. The fraction of sp³-hybridized carbons (Fsp3) is 0.357. The largest absolute Gasteiger partial charge is 0.481 e. The lowest BCUT2D eigenvalue weighted by atomic mass is 10.3. The van der Waals surface area contributed by atoms with E-state index in [9.17, 15) is 0 Å². The number of rotatable bonds is 3. The molecule has 7 heteroatoms. The van der Waals surface area contributed by atoms with Crippen molar-refractivity contribution in [2.45, 2.75) is 0 Å². The number of hydrogen-bond acceptors (Lipinski definition) is 6. The van der Waals surface area contributed by atoms with Gasteiger partial charge in [-0.1, -0.05) is 11.6 Å². The van der Waals surface area contributed by atoms with E-state index in [0.29, 0.717) is 10.9 Å². The van der Waals surface area contributed by atoms with Crippen LogP contribution in [0.5, 0.6) is 5.88 Å². The van der Waals surface area contributed by atoms with Crippen molar-refractivity contribution in [3.63, 3.8) is 0 Å². The van der Waals surface area contributed by atoms with Crippen molar-refractivity contribution in [1.82, 2.24) is 15.0 Å². The van der Waals surface area contributed by atoms with Crippen molar-refractivity contribution in [3.05, 3.63) is 35.7 Å². The number of pyridine rings is 1. The summed E-state index contributed by atoms with van der Waals surface area (Å²) in [6.07, 6.45) is 3.29. The van der Waals surface area contributed by atoms with E-state index in [-0.39, 0.29) is 0 Å². The van der Waals surface area contributed by atoms with Gasteiger partial charge in [0.2, 0.25) is 5.88 Å². The van der Waals surface area contributed by atoms with Crippen molar-refractivity contribution in [1.29, 1.82) is 0 Å². The molecule has 0 amide bonds. The van der Waals surface area contributed by atoms with Gasteiger partial charge < -0.3 is 14.5 Å². The lowest BCUT2D eigenvalue weighted by Gasteiger charge is -2.36. The first kappa shape index (κ1) is 13.9. The maximum Gasteiger partial charge on any atom is 0.218 e. The third-order valence-corrected chi connectivity index (χ3v) is 3.77. The Bertz CT molecular complexity index is 616. The smallest absolute Gasteiger partial charge is 0.218 e. The van der Waals surface area contributed by atoms with Gasteiger partial charge in [0, 0.05) is 38.4 Å². The Balaban J connectivity index is 1.69. The molecule has 21 heavy (non-hydrogen) atoms. The fourth-order valence-corrected chi connectivity index (χ4v) is 2.61. The minimum absolute atomic E-state index is 0.579. The topological polar surface area (TPSA) is 54.4 Å². The summed E-state index contributed by atoms with van der Waals surface area (Å²) in [6, 6.07) is 5.56. The summed E-state index contributed by atoms with van der Waals surface area (Å²) < 4.78 is 5.14. The molecule has 0 aromatic carbocycles. The Morgan fingerprint density at radius 3 is 2.57 bits per heavy atom. The van der Waals surface area contributed by atoms with Gasteiger partial charge in [-0.05, 0) is 12.1 Å². The lowest BCUT2D eigenvalue weighted by Crippen LogP contribution is -2.47. The first-order valence-corrected chi connectivity index (χ1v) is 7.12. The Labute approximate surface area is 128 Å². The highest BCUT2D eigenvalue weighted by Gasteiger charge is 2.20. The molecule has 0 atom stereocenters. The van der Waals surface area contributed by atoms with Crippen molar-refractivity contribution >= 4 is 23.2 Å². The molecule has 3 heterocycles. The molecular formula is C14H16ClN5O. The summed E-state index contributed by atoms with van der Waals surface area (Å²) in [7, 11) is 1.60. The lowest BCUT2D eigenvalue weighted by molar-refractivity contribution is 0.396. The van der Waals surface area contributed by atoms with Crippen LogP contribution in [-0.4, -0.2) is 48.2 Å². The minimum Gasteiger partial charge on any atom is -0.481 e. The second-order valence-electron chi connectivity index (χ2n) is 4.70. The number of methoxy groups -OCH3 is 1. The fourth-order valence-electron chi connectivity index (χ4n) is 2.37. The molecule has 0 radical (unpaired) electrons. The van der Waals surface area contributed by atoms with E-state index in [1.54, 1.807) is 13.3 Å². The summed E-state index contributed by atoms with van der Waals surface area (Å²) in [5.41, 5.74) is 0. The van der Waals surface area contributed by atoms with Crippen LogP contribution < -0.4 is 14.5 Å². The molecule has 110 valence electrons. The van der Waals surface area contributed by atoms with Crippen molar-refractivity contribution in [2.75, 3.05) is 43.1 Å². The van der Waals surface area contributed by atoms with E-state index < -0.39 is 0 Å². The van der Waals surface area contributed by atoms with Gasteiger partial charge in [0.15, 0.2) is 0 Å². The van der Waals surface area contributed by atoms with Crippen molar-refractivity contribution in [3.8, 4) is 5.88 Å². The van der Waals surface area contributed by atoms with Gasteiger partial charge in [-0.2, -0.15) is 0 Å². The summed E-state index contributed by atoms with van der Waals surface area (Å²) in [4.78, 5) is 17.1. The van der Waals surface area contributed by atoms with Crippen LogP contribution in [-0.2, 0) is 0 Å². The zero-order valence-corrected chi connectivity index (χ0v) is 12.5. The number of nitrogens with zero attached hydrogens (tertiary/aromatic N) is 5. The van der Waals surface area contributed by atoms with Crippen molar-refractivity contribution < 1.29 is 4.74 Å². The van der Waals surface area contributed by atoms with E-state index in [2.05, 4.69) is 24.8 Å². The first-order valence-electron chi connectivity index (χ1n) is 6.74. The molecule has 1 aliphatic rings. The number of hydrogen-bond donors (Lipinski definition) is 0. The average Bonchev–Trinajstić information content (AvgIpc) is 2.56. The maximum absolute atomic E-state index is 6.20. The zero-order chi connectivity index (χ0) is 14.7. The SMILES string of the molecule is COc1cc(N2CCN(c3ncccc3Cl)CC2)ncn1. The van der Waals surface area contributed by atoms with Crippen LogP contribution in [0.1, 0.15) is 0 Å². The van der Waals surface area contributed by atoms with Gasteiger partial charge in [-0.3, -0.25) is 0 Å². The zero-order valence-electron chi connectivity index (χ0n) is 11.7. The van der Waals surface area contributed by atoms with Crippen LogP contribution in [0.15, 0.2) is 30.7 Å². The molecule has 0 saturated carbocycles. The highest BCUT2D eigenvalue weighted by atomic mass is 35.5. The molecule has 1 aliphatic heterocycles. The minimum atomic E-state index is 0.579. The van der Waals surface area contributed by atoms with E-state index in [1.807, 2.05) is 18.2 Å². The number of piperazine rings is 1. The molecule has 2 aromatic heterocycles. The Kier molecular flexibility index (Phi) is 4.06. The second kappa shape index (κ2) is 6.13. The van der Waals surface area contributed by atoms with E-state index >= 15 is 0 Å². The van der Waals surface area contributed by atoms with Crippen molar-refractivity contribution in [2.24, 2.45) is 0 Å². The molecule has 2 aromatic rings. The van der Waals surface area contributed by atoms with Gasteiger partial charge in [-0.15, -0.1) is 0 Å². The van der Waals surface area contributed by atoms with Crippen LogP contribution >= 0.6 is 11.6 Å².